The van der Waals surface area contributed by atoms with Crippen LogP contribution in [-0.2, 0) is 11.2 Å². The summed E-state index contributed by atoms with van der Waals surface area (Å²) >= 11 is 1.71. The predicted molar refractivity (Wildman–Crippen MR) is 62.7 cm³/mol. The van der Waals surface area contributed by atoms with Crippen molar-refractivity contribution in [1.29, 1.82) is 0 Å². The highest BCUT2D eigenvalue weighted by Crippen LogP contribution is 2.13. The third kappa shape index (κ3) is 3.54. The molecular formula is C12H16OS. The molecule has 1 nitrogen and oxygen atoms in total. The van der Waals surface area contributed by atoms with E-state index in [2.05, 4.69) is 6.92 Å². The summed E-state index contributed by atoms with van der Waals surface area (Å²) in [5.74, 6) is 1.32. The first kappa shape index (κ1) is 11.3. The monoisotopic (exact) mass is 208 g/mol. The Bertz CT molecular complexity index is 282. The van der Waals surface area contributed by atoms with Crippen LogP contribution >= 0.6 is 11.8 Å². The summed E-state index contributed by atoms with van der Waals surface area (Å²) in [5.41, 5.74) is 1.11. The normalized spacial score (nSPS) is 12.4. The summed E-state index contributed by atoms with van der Waals surface area (Å²) in [6.07, 6.45) is 0.564. The van der Waals surface area contributed by atoms with Crippen molar-refractivity contribution in [2.45, 2.75) is 25.5 Å². The zero-order valence-electron chi connectivity index (χ0n) is 8.69. The Morgan fingerprint density at radius 3 is 2.57 bits per heavy atom. The molecule has 1 aromatic carbocycles. The smallest absolute Gasteiger partial charge is 0.149 e. The Morgan fingerprint density at radius 1 is 1.36 bits per heavy atom. The van der Waals surface area contributed by atoms with Gasteiger partial charge >= 0.3 is 0 Å². The maximum atomic E-state index is 11.7. The van der Waals surface area contributed by atoms with Crippen LogP contribution in [0.4, 0.5) is 0 Å². The predicted octanol–water partition coefficient (Wildman–Crippen LogP) is 2.94. The van der Waals surface area contributed by atoms with Gasteiger partial charge < -0.3 is 0 Å². The van der Waals surface area contributed by atoms with E-state index in [-0.39, 0.29) is 5.25 Å². The molecule has 0 saturated carbocycles. The second-order valence-electron chi connectivity index (χ2n) is 3.23. The molecule has 0 amide bonds. The van der Waals surface area contributed by atoms with Crippen molar-refractivity contribution in [2.24, 2.45) is 0 Å². The second-order valence-corrected chi connectivity index (χ2v) is 4.84. The van der Waals surface area contributed by atoms with Gasteiger partial charge in [-0.3, -0.25) is 4.79 Å². The molecule has 0 bridgehead atoms. The number of carbonyl (C=O) groups is 1. The fraction of sp³-hybridized carbons (Fsp3) is 0.417. The van der Waals surface area contributed by atoms with Crippen molar-refractivity contribution in [2.75, 3.05) is 5.75 Å². The average molecular weight is 208 g/mol. The summed E-state index contributed by atoms with van der Waals surface area (Å²) in [7, 11) is 0. The maximum absolute atomic E-state index is 11.7. The molecule has 0 N–H and O–H groups in total. The molecule has 1 atom stereocenters. The molecule has 1 aromatic rings. The molecule has 0 aliphatic rings. The van der Waals surface area contributed by atoms with Crippen LogP contribution < -0.4 is 0 Å². The van der Waals surface area contributed by atoms with Crippen molar-refractivity contribution in [3.05, 3.63) is 35.9 Å². The minimum Gasteiger partial charge on any atom is -0.298 e. The summed E-state index contributed by atoms with van der Waals surface area (Å²) in [6, 6.07) is 9.92. The number of hydrogen-bond acceptors (Lipinski definition) is 2. The Morgan fingerprint density at radius 2 is 2.00 bits per heavy atom. The van der Waals surface area contributed by atoms with E-state index >= 15 is 0 Å². The molecule has 0 spiro atoms. The van der Waals surface area contributed by atoms with E-state index in [4.69, 9.17) is 0 Å². The van der Waals surface area contributed by atoms with Crippen LogP contribution in [0.1, 0.15) is 19.4 Å². The lowest BCUT2D eigenvalue weighted by Crippen LogP contribution is -2.15. The Balaban J connectivity index is 2.49. The van der Waals surface area contributed by atoms with E-state index in [1.165, 1.54) is 0 Å². The van der Waals surface area contributed by atoms with Crippen molar-refractivity contribution in [3.63, 3.8) is 0 Å². The Hall–Kier alpha value is -0.760. The van der Waals surface area contributed by atoms with E-state index < -0.39 is 0 Å². The lowest BCUT2D eigenvalue weighted by atomic mass is 10.1. The molecule has 1 rings (SSSR count). The number of hydrogen-bond donors (Lipinski definition) is 0. The lowest BCUT2D eigenvalue weighted by Gasteiger charge is -2.08. The van der Waals surface area contributed by atoms with Crippen LogP contribution in [0.3, 0.4) is 0 Å². The van der Waals surface area contributed by atoms with Gasteiger partial charge in [-0.25, -0.2) is 0 Å². The summed E-state index contributed by atoms with van der Waals surface area (Å²) in [6.45, 7) is 4.07. The molecule has 0 aliphatic carbocycles. The van der Waals surface area contributed by atoms with Gasteiger partial charge in [0.05, 0.1) is 5.25 Å². The van der Waals surface area contributed by atoms with E-state index in [1.807, 2.05) is 37.3 Å². The lowest BCUT2D eigenvalue weighted by molar-refractivity contribution is -0.117. The fourth-order valence-electron chi connectivity index (χ4n) is 1.28. The first-order valence-corrected chi connectivity index (χ1v) is 5.97. The van der Waals surface area contributed by atoms with Crippen LogP contribution in [-0.4, -0.2) is 16.8 Å². The maximum Gasteiger partial charge on any atom is 0.149 e. The van der Waals surface area contributed by atoms with Gasteiger partial charge in [0.15, 0.2) is 0 Å². The molecule has 0 aromatic heterocycles. The molecule has 2 heteroatoms. The molecule has 76 valence electrons. The molecule has 1 unspecified atom stereocenters. The Kier molecular flexibility index (Phi) is 4.74. The Labute approximate surface area is 89.9 Å². The minimum atomic E-state index is 0.125. The van der Waals surface area contributed by atoms with Gasteiger partial charge in [0.2, 0.25) is 0 Å². The van der Waals surface area contributed by atoms with Gasteiger partial charge in [-0.2, -0.15) is 11.8 Å². The van der Waals surface area contributed by atoms with Crippen LogP contribution in [0.15, 0.2) is 30.3 Å². The van der Waals surface area contributed by atoms with Gasteiger partial charge in [-0.15, -0.1) is 0 Å². The van der Waals surface area contributed by atoms with Crippen LogP contribution in [0.25, 0.3) is 0 Å². The van der Waals surface area contributed by atoms with Gasteiger partial charge in [0, 0.05) is 6.42 Å². The van der Waals surface area contributed by atoms with Gasteiger partial charge in [-0.1, -0.05) is 37.3 Å². The van der Waals surface area contributed by atoms with Gasteiger partial charge in [-0.05, 0) is 18.2 Å². The SMILES string of the molecule is CCSC(C)C(=O)Cc1ccccc1. The zero-order valence-corrected chi connectivity index (χ0v) is 9.51. The zero-order chi connectivity index (χ0) is 10.4. The topological polar surface area (TPSA) is 17.1 Å². The summed E-state index contributed by atoms with van der Waals surface area (Å²) in [4.78, 5) is 11.7. The third-order valence-corrected chi connectivity index (χ3v) is 3.19. The number of Topliss-reactive ketones (excluding diaryl/α,β-unsaturated/α-hetero) is 1. The van der Waals surface area contributed by atoms with Crippen molar-refractivity contribution < 1.29 is 4.79 Å². The molecule has 14 heavy (non-hydrogen) atoms. The highest BCUT2D eigenvalue weighted by Gasteiger charge is 2.12. The largest absolute Gasteiger partial charge is 0.298 e. The number of ketones is 1. The van der Waals surface area contributed by atoms with Crippen LogP contribution in [0.5, 0.6) is 0 Å². The van der Waals surface area contributed by atoms with Crippen LogP contribution in [0.2, 0.25) is 0 Å². The first-order valence-electron chi connectivity index (χ1n) is 4.92. The van der Waals surface area contributed by atoms with Crippen LogP contribution in [0, 0.1) is 0 Å². The highest BCUT2D eigenvalue weighted by molar-refractivity contribution is 8.00. The van der Waals surface area contributed by atoms with E-state index in [0.29, 0.717) is 12.2 Å². The molecular weight excluding hydrogens is 192 g/mol. The van der Waals surface area contributed by atoms with Gasteiger partial charge in [0.25, 0.3) is 0 Å². The number of carbonyl (C=O) groups excluding carboxylic acids is 1. The average Bonchev–Trinajstić information content (AvgIpc) is 2.19. The number of rotatable bonds is 5. The summed E-state index contributed by atoms with van der Waals surface area (Å²) in [5, 5.41) is 0.125. The van der Waals surface area contributed by atoms with Crippen molar-refractivity contribution in [3.8, 4) is 0 Å². The second kappa shape index (κ2) is 5.86. The highest BCUT2D eigenvalue weighted by atomic mass is 32.2. The summed E-state index contributed by atoms with van der Waals surface area (Å²) < 4.78 is 0. The molecule has 0 heterocycles. The number of benzene rings is 1. The molecule has 0 radical (unpaired) electrons. The standard InChI is InChI=1S/C12H16OS/c1-3-14-10(2)12(13)9-11-7-5-4-6-8-11/h4-8,10H,3,9H2,1-2H3. The van der Waals surface area contributed by atoms with E-state index in [1.54, 1.807) is 11.8 Å². The quantitative estimate of drug-likeness (QED) is 0.740. The van der Waals surface area contributed by atoms with E-state index in [0.717, 1.165) is 11.3 Å². The van der Waals surface area contributed by atoms with Crippen molar-refractivity contribution in [1.82, 2.24) is 0 Å². The minimum absolute atomic E-state index is 0.125. The third-order valence-electron chi connectivity index (χ3n) is 2.09. The molecule has 0 aliphatic heterocycles. The van der Waals surface area contributed by atoms with Crippen molar-refractivity contribution >= 4 is 17.5 Å². The first-order chi connectivity index (χ1) is 6.74. The molecule has 0 fully saturated rings. The number of thioether (sulfide) groups is 1. The molecule has 0 saturated heterocycles. The van der Waals surface area contributed by atoms with E-state index in [9.17, 15) is 4.79 Å². The fourth-order valence-corrected chi connectivity index (χ4v) is 2.05. The van der Waals surface area contributed by atoms with Gasteiger partial charge in [0.1, 0.15) is 5.78 Å².